The molecule has 1 aliphatic rings. The van der Waals surface area contributed by atoms with E-state index in [0.29, 0.717) is 25.2 Å². The molecule has 0 aromatic heterocycles. The quantitative estimate of drug-likeness (QED) is 0.737. The van der Waals surface area contributed by atoms with E-state index in [0.717, 1.165) is 12.1 Å². The van der Waals surface area contributed by atoms with Gasteiger partial charge in [-0.15, -0.1) is 0 Å². The lowest BCUT2D eigenvalue weighted by Gasteiger charge is -2.17. The molecule has 1 aromatic carbocycles. The monoisotopic (exact) mass is 229 g/mol. The predicted octanol–water partition coefficient (Wildman–Crippen LogP) is 2.48. The number of benzene rings is 1. The Morgan fingerprint density at radius 2 is 1.75 bits per heavy atom. The molecule has 0 bridgehead atoms. The molecule has 0 amide bonds. The highest BCUT2D eigenvalue weighted by Crippen LogP contribution is 2.30. The second-order valence-corrected chi connectivity index (χ2v) is 3.75. The Morgan fingerprint density at radius 3 is 2.19 bits per heavy atom. The molecule has 0 aliphatic carbocycles. The molecule has 0 spiro atoms. The van der Waals surface area contributed by atoms with Crippen LogP contribution in [0.2, 0.25) is 0 Å². The molecule has 5 heteroatoms. The number of ketones is 1. The van der Waals surface area contributed by atoms with E-state index in [1.807, 2.05) is 0 Å². The average Bonchev–Trinajstić information content (AvgIpc) is 2.64. The summed E-state index contributed by atoms with van der Waals surface area (Å²) < 4.78 is 36.9. The molecule has 1 aliphatic heterocycles. The SMILES string of the molecule is O=C1CCN(c2ccc(C(F)(F)F)cc2)C1. The minimum atomic E-state index is -4.31. The van der Waals surface area contributed by atoms with E-state index in [-0.39, 0.29) is 5.78 Å². The summed E-state index contributed by atoms with van der Waals surface area (Å²) in [6.45, 7) is 0.884. The average molecular weight is 229 g/mol. The van der Waals surface area contributed by atoms with Crippen LogP contribution in [0.3, 0.4) is 0 Å². The molecular formula is C11H10F3NO. The van der Waals surface area contributed by atoms with Gasteiger partial charge in [-0.2, -0.15) is 13.2 Å². The Kier molecular flexibility index (Phi) is 2.61. The number of hydrogen-bond donors (Lipinski definition) is 0. The van der Waals surface area contributed by atoms with Gasteiger partial charge >= 0.3 is 6.18 Å². The molecular weight excluding hydrogens is 219 g/mol. The highest BCUT2D eigenvalue weighted by atomic mass is 19.4. The van der Waals surface area contributed by atoms with Crippen LogP contribution in [0.25, 0.3) is 0 Å². The van der Waals surface area contributed by atoms with E-state index in [1.165, 1.54) is 12.1 Å². The van der Waals surface area contributed by atoms with Gasteiger partial charge in [0.2, 0.25) is 0 Å². The van der Waals surface area contributed by atoms with Crippen molar-refractivity contribution in [1.82, 2.24) is 0 Å². The fourth-order valence-electron chi connectivity index (χ4n) is 1.71. The zero-order chi connectivity index (χ0) is 11.8. The van der Waals surface area contributed by atoms with Crippen molar-refractivity contribution in [3.63, 3.8) is 0 Å². The lowest BCUT2D eigenvalue weighted by Crippen LogP contribution is -2.19. The fraction of sp³-hybridized carbons (Fsp3) is 0.364. The summed E-state index contributed by atoms with van der Waals surface area (Å²) in [5.41, 5.74) is 0.000577. The molecule has 16 heavy (non-hydrogen) atoms. The van der Waals surface area contributed by atoms with E-state index in [1.54, 1.807) is 4.90 Å². The second-order valence-electron chi connectivity index (χ2n) is 3.75. The smallest absolute Gasteiger partial charge is 0.364 e. The first kappa shape index (κ1) is 11.0. The zero-order valence-corrected chi connectivity index (χ0v) is 8.42. The number of halogens is 3. The number of hydrogen-bond acceptors (Lipinski definition) is 2. The van der Waals surface area contributed by atoms with Gasteiger partial charge in [-0.1, -0.05) is 0 Å². The first-order valence-electron chi connectivity index (χ1n) is 4.91. The number of nitrogens with zero attached hydrogens (tertiary/aromatic N) is 1. The maximum atomic E-state index is 12.3. The van der Waals surface area contributed by atoms with Gasteiger partial charge < -0.3 is 4.90 Å². The molecule has 1 saturated heterocycles. The standard InChI is InChI=1S/C11H10F3NO/c12-11(13,14)8-1-3-9(4-2-8)15-6-5-10(16)7-15/h1-4H,5-7H2. The molecule has 0 atom stereocenters. The zero-order valence-electron chi connectivity index (χ0n) is 8.42. The van der Waals surface area contributed by atoms with Crippen molar-refractivity contribution in [2.45, 2.75) is 12.6 Å². The lowest BCUT2D eigenvalue weighted by atomic mass is 10.2. The lowest BCUT2D eigenvalue weighted by molar-refractivity contribution is -0.137. The van der Waals surface area contributed by atoms with Crippen LogP contribution in [0, 0.1) is 0 Å². The van der Waals surface area contributed by atoms with Crippen LogP contribution in [0.5, 0.6) is 0 Å². The summed E-state index contributed by atoms with van der Waals surface area (Å²) in [7, 11) is 0. The van der Waals surface area contributed by atoms with Crippen LogP contribution in [0.15, 0.2) is 24.3 Å². The van der Waals surface area contributed by atoms with Crippen molar-refractivity contribution < 1.29 is 18.0 Å². The Morgan fingerprint density at radius 1 is 1.12 bits per heavy atom. The number of alkyl halides is 3. The van der Waals surface area contributed by atoms with Crippen LogP contribution >= 0.6 is 0 Å². The summed E-state index contributed by atoms with van der Waals surface area (Å²) in [5.74, 6) is 0.125. The van der Waals surface area contributed by atoms with Gasteiger partial charge in [0.05, 0.1) is 12.1 Å². The molecule has 1 heterocycles. The van der Waals surface area contributed by atoms with E-state index in [2.05, 4.69) is 0 Å². The number of rotatable bonds is 1. The maximum Gasteiger partial charge on any atom is 0.416 e. The van der Waals surface area contributed by atoms with Crippen molar-refractivity contribution in [3.8, 4) is 0 Å². The summed E-state index contributed by atoms with van der Waals surface area (Å²) in [4.78, 5) is 12.8. The number of Topliss-reactive ketones (excluding diaryl/α,β-unsaturated/α-hetero) is 1. The molecule has 0 saturated carbocycles. The van der Waals surface area contributed by atoms with Gasteiger partial charge in [0, 0.05) is 18.7 Å². The van der Waals surface area contributed by atoms with E-state index >= 15 is 0 Å². The van der Waals surface area contributed by atoms with Gasteiger partial charge in [-0.05, 0) is 24.3 Å². The Bertz CT molecular complexity index is 397. The third-order valence-electron chi connectivity index (χ3n) is 2.59. The van der Waals surface area contributed by atoms with Crippen LogP contribution in [-0.4, -0.2) is 18.9 Å². The number of anilines is 1. The summed E-state index contributed by atoms with van der Waals surface area (Å²) in [6, 6.07) is 4.89. The third-order valence-corrected chi connectivity index (χ3v) is 2.59. The molecule has 2 nitrogen and oxygen atoms in total. The van der Waals surface area contributed by atoms with Crippen molar-refractivity contribution in [1.29, 1.82) is 0 Å². The van der Waals surface area contributed by atoms with Gasteiger partial charge in [0.25, 0.3) is 0 Å². The first-order chi connectivity index (χ1) is 7.47. The Balaban J connectivity index is 2.17. The highest BCUT2D eigenvalue weighted by molar-refractivity contribution is 5.87. The van der Waals surface area contributed by atoms with Gasteiger partial charge in [0.1, 0.15) is 0 Å². The predicted molar refractivity (Wildman–Crippen MR) is 53.3 cm³/mol. The molecule has 2 rings (SSSR count). The molecule has 0 unspecified atom stereocenters. The Labute approximate surface area is 90.7 Å². The topological polar surface area (TPSA) is 20.3 Å². The van der Waals surface area contributed by atoms with Crippen molar-refractivity contribution >= 4 is 11.5 Å². The summed E-state index contributed by atoms with van der Waals surface area (Å²) in [5, 5.41) is 0. The van der Waals surface area contributed by atoms with Gasteiger partial charge in [-0.25, -0.2) is 0 Å². The minimum absolute atomic E-state index is 0.125. The van der Waals surface area contributed by atoms with Gasteiger partial charge in [0.15, 0.2) is 5.78 Å². The van der Waals surface area contributed by atoms with Gasteiger partial charge in [-0.3, -0.25) is 4.79 Å². The first-order valence-corrected chi connectivity index (χ1v) is 4.91. The molecule has 86 valence electrons. The summed E-state index contributed by atoms with van der Waals surface area (Å²) in [6.07, 6.45) is -3.83. The largest absolute Gasteiger partial charge is 0.416 e. The van der Waals surface area contributed by atoms with Crippen LogP contribution in [0.4, 0.5) is 18.9 Å². The normalized spacial score (nSPS) is 16.9. The van der Waals surface area contributed by atoms with Crippen molar-refractivity contribution in [2.75, 3.05) is 18.0 Å². The van der Waals surface area contributed by atoms with Crippen molar-refractivity contribution in [3.05, 3.63) is 29.8 Å². The molecule has 0 N–H and O–H groups in total. The van der Waals surface area contributed by atoms with Crippen LogP contribution in [0.1, 0.15) is 12.0 Å². The number of carbonyl (C=O) groups excluding carboxylic acids is 1. The van der Waals surface area contributed by atoms with Crippen LogP contribution in [-0.2, 0) is 11.0 Å². The fourth-order valence-corrected chi connectivity index (χ4v) is 1.71. The maximum absolute atomic E-state index is 12.3. The molecule has 1 fully saturated rings. The highest BCUT2D eigenvalue weighted by Gasteiger charge is 2.30. The van der Waals surface area contributed by atoms with E-state index in [9.17, 15) is 18.0 Å². The van der Waals surface area contributed by atoms with Crippen LogP contribution < -0.4 is 4.90 Å². The van der Waals surface area contributed by atoms with E-state index < -0.39 is 11.7 Å². The second kappa shape index (κ2) is 3.81. The van der Waals surface area contributed by atoms with Crippen molar-refractivity contribution in [2.24, 2.45) is 0 Å². The van der Waals surface area contributed by atoms with E-state index in [4.69, 9.17) is 0 Å². The Hall–Kier alpha value is -1.52. The molecule has 0 radical (unpaired) electrons. The third kappa shape index (κ3) is 2.18. The number of carbonyl (C=O) groups is 1. The summed E-state index contributed by atoms with van der Waals surface area (Å²) >= 11 is 0. The molecule has 1 aromatic rings. The minimum Gasteiger partial charge on any atom is -0.364 e.